The number of ether oxygens (including phenoxy) is 3. The van der Waals surface area contributed by atoms with Crippen LogP contribution in [0.25, 0.3) is 0 Å². The Morgan fingerprint density at radius 3 is 2.31 bits per heavy atom. The minimum absolute atomic E-state index is 0.811. The second-order valence-electron chi connectivity index (χ2n) is 6.49. The molecule has 0 spiro atoms. The van der Waals surface area contributed by atoms with Gasteiger partial charge in [-0.25, -0.2) is 0 Å². The highest BCUT2D eigenvalue weighted by Crippen LogP contribution is 2.22. The number of nitrogens with zero attached hydrogens (tertiary/aromatic N) is 1. The van der Waals surface area contributed by atoms with E-state index in [9.17, 15) is 0 Å². The lowest BCUT2D eigenvalue weighted by molar-refractivity contribution is 0.0339. The third-order valence-electron chi connectivity index (χ3n) is 4.66. The van der Waals surface area contributed by atoms with Gasteiger partial charge in [0.1, 0.15) is 11.5 Å². The fourth-order valence-electron chi connectivity index (χ4n) is 3.16. The smallest absolute Gasteiger partial charge is 0.123 e. The van der Waals surface area contributed by atoms with Crippen molar-refractivity contribution in [3.63, 3.8) is 0 Å². The molecule has 1 N–H and O–H groups in total. The number of hydrogen-bond acceptors (Lipinski definition) is 5. The summed E-state index contributed by atoms with van der Waals surface area (Å²) in [4.78, 5) is 2.41. The van der Waals surface area contributed by atoms with Gasteiger partial charge in [-0.15, -0.1) is 0 Å². The highest BCUT2D eigenvalue weighted by Gasteiger charge is 2.13. The van der Waals surface area contributed by atoms with Crippen LogP contribution in [0.4, 0.5) is 0 Å². The van der Waals surface area contributed by atoms with Gasteiger partial charge in [-0.3, -0.25) is 4.90 Å². The molecule has 1 aliphatic heterocycles. The number of methoxy groups -OCH3 is 2. The largest absolute Gasteiger partial charge is 0.497 e. The van der Waals surface area contributed by atoms with Gasteiger partial charge in [0.2, 0.25) is 0 Å². The van der Waals surface area contributed by atoms with Crippen molar-refractivity contribution in [2.75, 3.05) is 40.5 Å². The Labute approximate surface area is 155 Å². The lowest BCUT2D eigenvalue weighted by Crippen LogP contribution is -2.35. The molecule has 2 aromatic carbocycles. The van der Waals surface area contributed by atoms with E-state index in [0.29, 0.717) is 0 Å². The molecule has 1 fully saturated rings. The van der Waals surface area contributed by atoms with Crippen molar-refractivity contribution < 1.29 is 14.2 Å². The predicted octanol–water partition coefficient (Wildman–Crippen LogP) is 2.83. The van der Waals surface area contributed by atoms with Crippen molar-refractivity contribution in [3.8, 4) is 11.5 Å². The average Bonchev–Trinajstić information content (AvgIpc) is 2.69. The molecule has 0 saturated carbocycles. The van der Waals surface area contributed by atoms with Gasteiger partial charge in [0.25, 0.3) is 0 Å². The van der Waals surface area contributed by atoms with Crippen LogP contribution in [0, 0.1) is 0 Å². The fourth-order valence-corrected chi connectivity index (χ4v) is 3.16. The van der Waals surface area contributed by atoms with Crippen molar-refractivity contribution in [3.05, 3.63) is 59.2 Å². The number of nitrogens with one attached hydrogen (secondary N) is 1. The Morgan fingerprint density at radius 1 is 0.923 bits per heavy atom. The summed E-state index contributed by atoms with van der Waals surface area (Å²) in [6, 6.07) is 14.6. The van der Waals surface area contributed by atoms with Crippen LogP contribution in [0.2, 0.25) is 0 Å². The molecule has 0 radical (unpaired) electrons. The van der Waals surface area contributed by atoms with E-state index < -0.39 is 0 Å². The summed E-state index contributed by atoms with van der Waals surface area (Å²) in [5.41, 5.74) is 3.74. The molecule has 26 heavy (non-hydrogen) atoms. The molecule has 0 aromatic heterocycles. The normalized spacial score (nSPS) is 15.0. The highest BCUT2D eigenvalue weighted by atomic mass is 16.5. The van der Waals surface area contributed by atoms with Crippen molar-refractivity contribution in [1.82, 2.24) is 10.2 Å². The summed E-state index contributed by atoms with van der Waals surface area (Å²) in [7, 11) is 3.42. The Morgan fingerprint density at radius 2 is 1.62 bits per heavy atom. The third kappa shape index (κ3) is 5.21. The zero-order valence-electron chi connectivity index (χ0n) is 15.7. The maximum absolute atomic E-state index is 5.55. The lowest BCUT2D eigenvalue weighted by Gasteiger charge is -2.27. The molecule has 1 heterocycles. The molecular formula is C21H28N2O3. The van der Waals surface area contributed by atoms with Gasteiger partial charge in [0.15, 0.2) is 0 Å². The van der Waals surface area contributed by atoms with Gasteiger partial charge >= 0.3 is 0 Å². The van der Waals surface area contributed by atoms with Crippen LogP contribution in [0.15, 0.2) is 42.5 Å². The monoisotopic (exact) mass is 356 g/mol. The summed E-state index contributed by atoms with van der Waals surface area (Å²) in [5, 5.41) is 3.51. The molecule has 5 heteroatoms. The Hall–Kier alpha value is -2.08. The van der Waals surface area contributed by atoms with E-state index in [1.807, 2.05) is 12.1 Å². The Bertz CT molecular complexity index is 682. The van der Waals surface area contributed by atoms with Crippen LogP contribution < -0.4 is 14.8 Å². The first-order valence-corrected chi connectivity index (χ1v) is 9.08. The zero-order valence-corrected chi connectivity index (χ0v) is 15.7. The van der Waals surface area contributed by atoms with Gasteiger partial charge < -0.3 is 19.5 Å². The van der Waals surface area contributed by atoms with E-state index in [0.717, 1.165) is 57.4 Å². The van der Waals surface area contributed by atoms with Crippen LogP contribution in [0.1, 0.15) is 16.7 Å². The Kier molecular flexibility index (Phi) is 6.89. The number of morpholine rings is 1. The number of benzene rings is 2. The second kappa shape index (κ2) is 9.57. The topological polar surface area (TPSA) is 43.0 Å². The van der Waals surface area contributed by atoms with Gasteiger partial charge in [0, 0.05) is 38.3 Å². The van der Waals surface area contributed by atoms with Crippen LogP contribution in [-0.2, 0) is 24.4 Å². The van der Waals surface area contributed by atoms with Gasteiger partial charge in [-0.2, -0.15) is 0 Å². The molecule has 0 atom stereocenters. The standard InChI is InChI=1S/C21H28N2O3/c1-24-20-6-3-17(4-7-20)14-22-15-18-5-8-21(25-2)19(13-18)16-23-9-11-26-12-10-23/h3-8,13,22H,9-12,14-16H2,1-2H3. The molecule has 1 aliphatic rings. The van der Waals surface area contributed by atoms with E-state index in [2.05, 4.69) is 40.5 Å². The average molecular weight is 356 g/mol. The van der Waals surface area contributed by atoms with Crippen molar-refractivity contribution >= 4 is 0 Å². The first-order valence-electron chi connectivity index (χ1n) is 9.08. The molecule has 0 amide bonds. The SMILES string of the molecule is COc1ccc(CNCc2ccc(OC)c(CN3CCOCC3)c2)cc1. The van der Waals surface area contributed by atoms with Crippen LogP contribution >= 0.6 is 0 Å². The number of rotatable bonds is 8. The van der Waals surface area contributed by atoms with E-state index >= 15 is 0 Å². The maximum Gasteiger partial charge on any atom is 0.123 e. The zero-order chi connectivity index (χ0) is 18.2. The minimum atomic E-state index is 0.811. The van der Waals surface area contributed by atoms with E-state index in [1.54, 1.807) is 14.2 Å². The van der Waals surface area contributed by atoms with Crippen molar-refractivity contribution in [2.45, 2.75) is 19.6 Å². The Balaban J connectivity index is 1.57. The first-order chi connectivity index (χ1) is 12.8. The summed E-state index contributed by atoms with van der Waals surface area (Å²) >= 11 is 0. The highest BCUT2D eigenvalue weighted by molar-refractivity contribution is 5.37. The molecule has 2 aromatic rings. The molecule has 140 valence electrons. The summed E-state index contributed by atoms with van der Waals surface area (Å²) < 4.78 is 16.2. The van der Waals surface area contributed by atoms with Crippen LogP contribution in [0.5, 0.6) is 11.5 Å². The molecule has 3 rings (SSSR count). The van der Waals surface area contributed by atoms with Crippen molar-refractivity contribution in [1.29, 1.82) is 0 Å². The third-order valence-corrected chi connectivity index (χ3v) is 4.66. The molecule has 0 unspecified atom stereocenters. The van der Waals surface area contributed by atoms with Gasteiger partial charge in [0.05, 0.1) is 27.4 Å². The molecule has 5 nitrogen and oxygen atoms in total. The van der Waals surface area contributed by atoms with Crippen molar-refractivity contribution in [2.24, 2.45) is 0 Å². The quantitative estimate of drug-likeness (QED) is 0.788. The van der Waals surface area contributed by atoms with Gasteiger partial charge in [-0.05, 0) is 35.4 Å². The molecular weight excluding hydrogens is 328 g/mol. The minimum Gasteiger partial charge on any atom is -0.497 e. The number of hydrogen-bond donors (Lipinski definition) is 1. The van der Waals surface area contributed by atoms with E-state index in [1.165, 1.54) is 16.7 Å². The maximum atomic E-state index is 5.55. The fraction of sp³-hybridized carbons (Fsp3) is 0.429. The van der Waals surface area contributed by atoms with Gasteiger partial charge in [-0.1, -0.05) is 18.2 Å². The summed E-state index contributed by atoms with van der Waals surface area (Å²) in [6.07, 6.45) is 0. The molecule has 0 aliphatic carbocycles. The van der Waals surface area contributed by atoms with Crippen LogP contribution in [-0.4, -0.2) is 45.4 Å². The molecule has 1 saturated heterocycles. The lowest BCUT2D eigenvalue weighted by atomic mass is 10.1. The van der Waals surface area contributed by atoms with Crippen LogP contribution in [0.3, 0.4) is 0 Å². The first kappa shape index (κ1) is 18.7. The molecule has 0 bridgehead atoms. The predicted molar refractivity (Wildman–Crippen MR) is 103 cm³/mol. The van der Waals surface area contributed by atoms with E-state index in [4.69, 9.17) is 14.2 Å². The summed E-state index contributed by atoms with van der Waals surface area (Å²) in [6.45, 7) is 6.13. The second-order valence-corrected chi connectivity index (χ2v) is 6.49. The summed E-state index contributed by atoms with van der Waals surface area (Å²) in [5.74, 6) is 1.84. The van der Waals surface area contributed by atoms with E-state index in [-0.39, 0.29) is 0 Å².